The van der Waals surface area contributed by atoms with Gasteiger partial charge in [0.15, 0.2) is 6.10 Å². The normalized spacial score (nSPS) is 27.0. The highest BCUT2D eigenvalue weighted by atomic mass is 16.5. The van der Waals surface area contributed by atoms with Gasteiger partial charge in [-0.25, -0.2) is 9.59 Å². The van der Waals surface area contributed by atoms with Crippen molar-refractivity contribution >= 4 is 11.9 Å². The van der Waals surface area contributed by atoms with E-state index in [0.717, 1.165) is 0 Å². The minimum Gasteiger partial charge on any atom is -0.479 e. The SMILES string of the molecule is C[C@@H](O[C@@H]1CC(C(=O)O)=CC[C@H]1O)C(=O)O. The summed E-state index contributed by atoms with van der Waals surface area (Å²) in [6.45, 7) is 1.34. The first-order chi connectivity index (χ1) is 7.41. The summed E-state index contributed by atoms with van der Waals surface area (Å²) in [5.74, 6) is -2.21. The summed E-state index contributed by atoms with van der Waals surface area (Å²) in [6, 6.07) is 0. The van der Waals surface area contributed by atoms with Crippen molar-refractivity contribution in [3.63, 3.8) is 0 Å². The zero-order valence-electron chi connectivity index (χ0n) is 8.79. The van der Waals surface area contributed by atoms with Crippen LogP contribution in [0.3, 0.4) is 0 Å². The number of aliphatic hydroxyl groups excluding tert-OH is 1. The predicted molar refractivity (Wildman–Crippen MR) is 52.9 cm³/mol. The highest BCUT2D eigenvalue weighted by Gasteiger charge is 2.30. The Labute approximate surface area is 92.1 Å². The summed E-state index contributed by atoms with van der Waals surface area (Å²) >= 11 is 0. The Bertz CT molecular complexity index is 321. The molecule has 16 heavy (non-hydrogen) atoms. The Morgan fingerprint density at radius 2 is 2.12 bits per heavy atom. The van der Waals surface area contributed by atoms with E-state index >= 15 is 0 Å². The highest BCUT2D eigenvalue weighted by molar-refractivity contribution is 5.86. The first-order valence-corrected chi connectivity index (χ1v) is 4.90. The quantitative estimate of drug-likeness (QED) is 0.628. The van der Waals surface area contributed by atoms with Gasteiger partial charge in [0.2, 0.25) is 0 Å². The fraction of sp³-hybridized carbons (Fsp3) is 0.600. The Morgan fingerprint density at radius 1 is 1.50 bits per heavy atom. The van der Waals surface area contributed by atoms with Gasteiger partial charge in [0.05, 0.1) is 12.2 Å². The molecule has 6 nitrogen and oxygen atoms in total. The van der Waals surface area contributed by atoms with Crippen LogP contribution in [0.25, 0.3) is 0 Å². The van der Waals surface area contributed by atoms with E-state index in [0.29, 0.717) is 0 Å². The van der Waals surface area contributed by atoms with E-state index < -0.39 is 30.3 Å². The van der Waals surface area contributed by atoms with Crippen LogP contribution in [0, 0.1) is 0 Å². The molecule has 0 spiro atoms. The van der Waals surface area contributed by atoms with E-state index in [1.165, 1.54) is 13.0 Å². The monoisotopic (exact) mass is 230 g/mol. The molecule has 0 saturated heterocycles. The van der Waals surface area contributed by atoms with Crippen molar-refractivity contribution in [1.29, 1.82) is 0 Å². The van der Waals surface area contributed by atoms with Crippen molar-refractivity contribution in [1.82, 2.24) is 0 Å². The third kappa shape index (κ3) is 3.04. The summed E-state index contributed by atoms with van der Waals surface area (Å²) in [5, 5.41) is 26.9. The molecule has 0 bridgehead atoms. The van der Waals surface area contributed by atoms with Crippen LogP contribution >= 0.6 is 0 Å². The van der Waals surface area contributed by atoms with Crippen LogP contribution in [-0.4, -0.2) is 45.6 Å². The zero-order valence-corrected chi connectivity index (χ0v) is 8.79. The van der Waals surface area contributed by atoms with Gasteiger partial charge in [-0.05, 0) is 13.3 Å². The van der Waals surface area contributed by atoms with Gasteiger partial charge in [-0.1, -0.05) is 6.08 Å². The second kappa shape index (κ2) is 5.09. The molecule has 1 rings (SSSR count). The Balaban J connectivity index is 2.64. The molecule has 3 N–H and O–H groups in total. The van der Waals surface area contributed by atoms with Gasteiger partial charge in [0.1, 0.15) is 0 Å². The van der Waals surface area contributed by atoms with Crippen molar-refractivity contribution < 1.29 is 29.6 Å². The lowest BCUT2D eigenvalue weighted by atomic mass is 9.94. The van der Waals surface area contributed by atoms with Gasteiger partial charge in [-0.3, -0.25) is 0 Å². The van der Waals surface area contributed by atoms with Crippen molar-refractivity contribution in [2.45, 2.75) is 38.1 Å². The summed E-state index contributed by atoms with van der Waals surface area (Å²) in [4.78, 5) is 21.3. The van der Waals surface area contributed by atoms with Crippen LogP contribution in [0.15, 0.2) is 11.6 Å². The molecule has 3 atom stereocenters. The molecule has 0 unspecified atom stereocenters. The van der Waals surface area contributed by atoms with Crippen molar-refractivity contribution in [2.75, 3.05) is 0 Å². The molecule has 0 amide bonds. The highest BCUT2D eigenvalue weighted by Crippen LogP contribution is 2.22. The second-order valence-corrected chi connectivity index (χ2v) is 3.70. The van der Waals surface area contributed by atoms with Gasteiger partial charge in [-0.15, -0.1) is 0 Å². The third-order valence-corrected chi connectivity index (χ3v) is 2.46. The number of aliphatic carboxylic acids is 2. The molecule has 0 radical (unpaired) electrons. The van der Waals surface area contributed by atoms with E-state index in [2.05, 4.69) is 0 Å². The van der Waals surface area contributed by atoms with Gasteiger partial charge in [0, 0.05) is 12.0 Å². The maximum absolute atomic E-state index is 10.7. The summed E-state index contributed by atoms with van der Waals surface area (Å²) in [6.07, 6.45) is -1.08. The topological polar surface area (TPSA) is 104 Å². The minimum absolute atomic E-state index is 0.0219. The smallest absolute Gasteiger partial charge is 0.332 e. The molecule has 90 valence electrons. The van der Waals surface area contributed by atoms with Crippen molar-refractivity contribution in [2.24, 2.45) is 0 Å². The average Bonchev–Trinajstić information content (AvgIpc) is 2.20. The molecule has 0 saturated carbocycles. The van der Waals surface area contributed by atoms with Crippen LogP contribution < -0.4 is 0 Å². The standard InChI is InChI=1S/C10H14O6/c1-5(9(12)13)16-8-4-6(10(14)15)2-3-7(8)11/h2,5,7-8,11H,3-4H2,1H3,(H,12,13)(H,14,15)/t5-,7-,8-/m1/s1. The molecule has 0 aliphatic heterocycles. The Morgan fingerprint density at radius 3 is 2.62 bits per heavy atom. The average molecular weight is 230 g/mol. The van der Waals surface area contributed by atoms with E-state index in [-0.39, 0.29) is 18.4 Å². The first-order valence-electron chi connectivity index (χ1n) is 4.90. The molecular formula is C10H14O6. The van der Waals surface area contributed by atoms with Crippen LogP contribution in [0.2, 0.25) is 0 Å². The van der Waals surface area contributed by atoms with Crippen molar-refractivity contribution in [3.8, 4) is 0 Å². The lowest BCUT2D eigenvalue weighted by molar-refractivity contribution is -0.157. The molecule has 1 aliphatic rings. The summed E-state index contributed by atoms with van der Waals surface area (Å²) in [5.41, 5.74) is 0.146. The Hall–Kier alpha value is -1.40. The van der Waals surface area contributed by atoms with E-state index in [1.54, 1.807) is 0 Å². The molecule has 0 aromatic carbocycles. The van der Waals surface area contributed by atoms with Crippen LogP contribution in [0.1, 0.15) is 19.8 Å². The van der Waals surface area contributed by atoms with Gasteiger partial charge in [-0.2, -0.15) is 0 Å². The molecule has 0 aromatic heterocycles. The number of carbonyl (C=O) groups is 2. The Kier molecular flexibility index (Phi) is 4.03. The van der Waals surface area contributed by atoms with E-state index in [9.17, 15) is 14.7 Å². The zero-order chi connectivity index (χ0) is 12.3. The fourth-order valence-corrected chi connectivity index (χ4v) is 1.48. The molecule has 6 heteroatoms. The van der Waals surface area contributed by atoms with Crippen LogP contribution in [0.4, 0.5) is 0 Å². The second-order valence-electron chi connectivity index (χ2n) is 3.70. The maximum atomic E-state index is 10.7. The molecule has 0 aromatic rings. The van der Waals surface area contributed by atoms with Gasteiger partial charge < -0.3 is 20.1 Å². The lowest BCUT2D eigenvalue weighted by Crippen LogP contribution is -2.37. The fourth-order valence-electron chi connectivity index (χ4n) is 1.48. The number of carboxylic acids is 2. The molecule has 1 aliphatic carbocycles. The van der Waals surface area contributed by atoms with E-state index in [1.807, 2.05) is 0 Å². The van der Waals surface area contributed by atoms with Gasteiger partial charge in [0.25, 0.3) is 0 Å². The number of hydrogen-bond donors (Lipinski definition) is 3. The van der Waals surface area contributed by atoms with Crippen LogP contribution in [0.5, 0.6) is 0 Å². The maximum Gasteiger partial charge on any atom is 0.332 e. The number of hydrogen-bond acceptors (Lipinski definition) is 4. The molecule has 0 fully saturated rings. The summed E-state index contributed by atoms with van der Waals surface area (Å²) in [7, 11) is 0. The van der Waals surface area contributed by atoms with Crippen LogP contribution in [-0.2, 0) is 14.3 Å². The molecular weight excluding hydrogens is 216 g/mol. The number of aliphatic hydroxyl groups is 1. The third-order valence-electron chi connectivity index (χ3n) is 2.46. The largest absolute Gasteiger partial charge is 0.479 e. The predicted octanol–water partition coefficient (Wildman–Crippen LogP) is 0.0104. The van der Waals surface area contributed by atoms with E-state index in [4.69, 9.17) is 14.9 Å². The lowest BCUT2D eigenvalue weighted by Gasteiger charge is -2.28. The molecule has 0 heterocycles. The first kappa shape index (κ1) is 12.7. The number of rotatable bonds is 4. The minimum atomic E-state index is -1.14. The van der Waals surface area contributed by atoms with Crippen molar-refractivity contribution in [3.05, 3.63) is 11.6 Å². The summed E-state index contributed by atoms with van der Waals surface area (Å²) < 4.78 is 5.09. The van der Waals surface area contributed by atoms with Gasteiger partial charge >= 0.3 is 11.9 Å². The number of ether oxygens (including phenoxy) is 1. The number of carboxylic acid groups (broad SMARTS) is 2.